The van der Waals surface area contributed by atoms with Crippen LogP contribution in [-0.2, 0) is 30.7 Å². The number of fused-ring (bicyclic) bond motifs is 1. The molecule has 0 amide bonds. The van der Waals surface area contributed by atoms with E-state index in [0.29, 0.717) is 28.9 Å². The molecule has 2 aromatic carbocycles. The minimum Gasteiger partial charge on any atom is -0.535 e. The molecule has 1 heterocycles. The van der Waals surface area contributed by atoms with E-state index in [9.17, 15) is 19.0 Å². The predicted molar refractivity (Wildman–Crippen MR) is 108 cm³/mol. The molecule has 0 bridgehead atoms. The fourth-order valence-electron chi connectivity index (χ4n) is 3.77. The standard InChI is InChI=1S/C21H24BFN2O4/c1-12(26)18-4-2-3-14-7-16(22(28)29-21(14)18)9-17(27)8-13-5-6-15(10-24)19(11-25)20(13)23/h2-6,16,28H,7-11,24-25H2,1H3/t16-/m1/s1. The topological polar surface area (TPSA) is 116 Å². The van der Waals surface area contributed by atoms with Crippen LogP contribution in [0.15, 0.2) is 30.3 Å². The van der Waals surface area contributed by atoms with Gasteiger partial charge < -0.3 is 21.1 Å². The molecule has 29 heavy (non-hydrogen) atoms. The molecule has 0 aromatic heterocycles. The predicted octanol–water partition coefficient (Wildman–Crippen LogP) is 1.93. The van der Waals surface area contributed by atoms with Crippen LogP contribution in [0.25, 0.3) is 0 Å². The highest BCUT2D eigenvalue weighted by molar-refractivity contribution is 6.47. The van der Waals surface area contributed by atoms with Crippen LogP contribution in [0.1, 0.15) is 46.0 Å². The summed E-state index contributed by atoms with van der Waals surface area (Å²) in [6, 6.07) is 8.44. The van der Waals surface area contributed by atoms with Crippen molar-refractivity contribution in [3.63, 3.8) is 0 Å². The largest absolute Gasteiger partial charge is 0.535 e. The van der Waals surface area contributed by atoms with Crippen LogP contribution in [0.2, 0.25) is 5.82 Å². The highest BCUT2D eigenvalue weighted by Crippen LogP contribution is 2.36. The van der Waals surface area contributed by atoms with Gasteiger partial charge >= 0.3 is 7.12 Å². The van der Waals surface area contributed by atoms with Gasteiger partial charge in [-0.25, -0.2) is 4.39 Å². The maximum Gasteiger partial charge on any atom is 0.526 e. The van der Waals surface area contributed by atoms with Crippen molar-refractivity contribution in [1.29, 1.82) is 0 Å². The van der Waals surface area contributed by atoms with E-state index < -0.39 is 18.8 Å². The lowest BCUT2D eigenvalue weighted by molar-refractivity contribution is -0.118. The first-order chi connectivity index (χ1) is 13.8. The highest BCUT2D eigenvalue weighted by atomic mass is 19.1. The zero-order valence-corrected chi connectivity index (χ0v) is 16.3. The zero-order chi connectivity index (χ0) is 21.1. The first-order valence-corrected chi connectivity index (χ1v) is 9.54. The van der Waals surface area contributed by atoms with E-state index in [-0.39, 0.29) is 43.1 Å². The number of hydrogen-bond acceptors (Lipinski definition) is 6. The first kappa shape index (κ1) is 21.2. The number of nitrogens with two attached hydrogens (primary N) is 2. The molecule has 0 unspecified atom stereocenters. The van der Waals surface area contributed by atoms with E-state index >= 15 is 0 Å². The van der Waals surface area contributed by atoms with Gasteiger partial charge in [0.05, 0.1) is 5.56 Å². The SMILES string of the molecule is CC(=O)c1cccc2c1OB(O)[C@@H](CC(=O)Cc1ccc(CN)c(CN)c1F)C2. The summed E-state index contributed by atoms with van der Waals surface area (Å²) in [5, 5.41) is 10.4. The van der Waals surface area contributed by atoms with Crippen LogP contribution in [-0.4, -0.2) is 23.7 Å². The van der Waals surface area contributed by atoms with Crippen LogP contribution in [0.5, 0.6) is 5.75 Å². The average Bonchev–Trinajstić information content (AvgIpc) is 2.69. The molecule has 152 valence electrons. The number of para-hydroxylation sites is 1. The Hall–Kier alpha value is -2.55. The van der Waals surface area contributed by atoms with Crippen molar-refractivity contribution in [1.82, 2.24) is 0 Å². The minimum atomic E-state index is -1.21. The monoisotopic (exact) mass is 398 g/mol. The Bertz CT molecular complexity index is 951. The number of carbonyl (C=O) groups is 2. The van der Waals surface area contributed by atoms with Gasteiger partial charge in [-0.3, -0.25) is 9.59 Å². The number of carbonyl (C=O) groups excluding carboxylic acids is 2. The van der Waals surface area contributed by atoms with Gasteiger partial charge in [-0.1, -0.05) is 24.3 Å². The fraction of sp³-hybridized carbons (Fsp3) is 0.333. The van der Waals surface area contributed by atoms with Crippen molar-refractivity contribution in [3.05, 3.63) is 64.0 Å². The first-order valence-electron chi connectivity index (χ1n) is 9.54. The van der Waals surface area contributed by atoms with Gasteiger partial charge in [0, 0.05) is 37.3 Å². The molecule has 0 fully saturated rings. The Kier molecular flexibility index (Phi) is 6.47. The molecule has 5 N–H and O–H groups in total. The smallest absolute Gasteiger partial charge is 0.526 e. The Balaban J connectivity index is 1.74. The highest BCUT2D eigenvalue weighted by Gasteiger charge is 2.37. The van der Waals surface area contributed by atoms with E-state index in [2.05, 4.69) is 0 Å². The van der Waals surface area contributed by atoms with E-state index in [4.69, 9.17) is 16.1 Å². The number of benzene rings is 2. The molecule has 0 aliphatic carbocycles. The lowest BCUT2D eigenvalue weighted by atomic mass is 9.64. The summed E-state index contributed by atoms with van der Waals surface area (Å²) in [5.74, 6) is -0.979. The van der Waals surface area contributed by atoms with Crippen LogP contribution in [0.4, 0.5) is 4.39 Å². The second-order valence-electron chi connectivity index (χ2n) is 7.33. The maximum atomic E-state index is 14.7. The Morgan fingerprint density at radius 3 is 2.59 bits per heavy atom. The van der Waals surface area contributed by atoms with Gasteiger partial charge in [0.1, 0.15) is 17.3 Å². The Labute approximate surface area is 169 Å². The van der Waals surface area contributed by atoms with Crippen LogP contribution in [0.3, 0.4) is 0 Å². The van der Waals surface area contributed by atoms with Crippen molar-refractivity contribution in [2.75, 3.05) is 0 Å². The summed E-state index contributed by atoms with van der Waals surface area (Å²) in [4.78, 5) is 24.3. The molecule has 0 spiro atoms. The summed E-state index contributed by atoms with van der Waals surface area (Å²) in [6.07, 6.45) is 0.320. The van der Waals surface area contributed by atoms with E-state index in [1.165, 1.54) is 6.92 Å². The van der Waals surface area contributed by atoms with Crippen molar-refractivity contribution >= 4 is 18.7 Å². The second-order valence-corrected chi connectivity index (χ2v) is 7.33. The number of ketones is 2. The fourth-order valence-corrected chi connectivity index (χ4v) is 3.77. The van der Waals surface area contributed by atoms with Gasteiger partial charge in [0.2, 0.25) is 0 Å². The molecule has 6 nitrogen and oxygen atoms in total. The summed E-state index contributed by atoms with van der Waals surface area (Å²) < 4.78 is 20.2. The van der Waals surface area contributed by atoms with Gasteiger partial charge in [-0.15, -0.1) is 0 Å². The third kappa shape index (κ3) is 4.39. The van der Waals surface area contributed by atoms with Crippen LogP contribution >= 0.6 is 0 Å². The van der Waals surface area contributed by atoms with E-state index in [1.807, 2.05) is 6.07 Å². The van der Waals surface area contributed by atoms with Crippen molar-refractivity contribution in [2.45, 2.75) is 45.1 Å². The van der Waals surface area contributed by atoms with Gasteiger partial charge in [-0.05, 0) is 36.1 Å². The lowest BCUT2D eigenvalue weighted by Gasteiger charge is -2.28. The molecule has 0 saturated heterocycles. The lowest BCUT2D eigenvalue weighted by Crippen LogP contribution is -2.36. The van der Waals surface area contributed by atoms with E-state index in [0.717, 1.165) is 5.56 Å². The minimum absolute atomic E-state index is 0.00480. The van der Waals surface area contributed by atoms with Crippen molar-refractivity contribution in [3.8, 4) is 5.75 Å². The molecular weight excluding hydrogens is 374 g/mol. The van der Waals surface area contributed by atoms with Crippen molar-refractivity contribution < 1.29 is 23.7 Å². The second kappa shape index (κ2) is 8.86. The molecule has 8 heteroatoms. The molecule has 2 aromatic rings. The maximum absolute atomic E-state index is 14.7. The number of hydrogen-bond donors (Lipinski definition) is 3. The summed E-state index contributed by atoms with van der Waals surface area (Å²) in [5.41, 5.74) is 13.6. The molecule has 0 saturated carbocycles. The quantitative estimate of drug-likeness (QED) is 0.485. The van der Waals surface area contributed by atoms with Crippen LogP contribution < -0.4 is 16.1 Å². The number of rotatable bonds is 7. The molecule has 0 radical (unpaired) electrons. The zero-order valence-electron chi connectivity index (χ0n) is 16.3. The van der Waals surface area contributed by atoms with Crippen molar-refractivity contribution in [2.24, 2.45) is 11.5 Å². The van der Waals surface area contributed by atoms with Gasteiger partial charge in [-0.2, -0.15) is 0 Å². The normalized spacial score (nSPS) is 15.6. The summed E-state index contributed by atoms with van der Waals surface area (Å²) in [6.45, 7) is 1.61. The Morgan fingerprint density at radius 2 is 1.93 bits per heavy atom. The molecule has 1 aliphatic heterocycles. The third-order valence-electron chi connectivity index (χ3n) is 5.32. The molecule has 3 rings (SSSR count). The van der Waals surface area contributed by atoms with Crippen LogP contribution in [0, 0.1) is 5.82 Å². The molecule has 1 aliphatic rings. The average molecular weight is 398 g/mol. The Morgan fingerprint density at radius 1 is 1.21 bits per heavy atom. The molecular formula is C21H24BFN2O4. The summed E-state index contributed by atoms with van der Waals surface area (Å²) in [7, 11) is -1.21. The molecule has 1 atom stereocenters. The third-order valence-corrected chi connectivity index (χ3v) is 5.32. The van der Waals surface area contributed by atoms with E-state index in [1.54, 1.807) is 24.3 Å². The number of halogens is 1. The number of Topliss-reactive ketones (excluding diaryl/α,β-unsaturated/α-hetero) is 2. The summed E-state index contributed by atoms with van der Waals surface area (Å²) >= 11 is 0. The van der Waals surface area contributed by atoms with Gasteiger partial charge in [0.25, 0.3) is 0 Å². The van der Waals surface area contributed by atoms with Gasteiger partial charge in [0.15, 0.2) is 5.78 Å².